The maximum absolute atomic E-state index is 12.4. The van der Waals surface area contributed by atoms with E-state index in [1.807, 2.05) is 23.6 Å². The van der Waals surface area contributed by atoms with Crippen LogP contribution in [0.5, 0.6) is 0 Å². The second-order valence-corrected chi connectivity index (χ2v) is 7.75. The van der Waals surface area contributed by atoms with Crippen LogP contribution < -0.4 is 10.6 Å². The van der Waals surface area contributed by atoms with Crippen molar-refractivity contribution in [1.82, 2.24) is 0 Å². The molecule has 2 aromatic rings. The largest absolute Gasteiger partial charge is 0.465 e. The monoisotopic (exact) mass is 372 g/mol. The quantitative estimate of drug-likeness (QED) is 0.741. The van der Waals surface area contributed by atoms with Gasteiger partial charge in [-0.15, -0.1) is 11.3 Å². The topological polar surface area (TPSA) is 67.4 Å². The SMILES string of the molecule is COC(=O)c1ccc(NC2CCCC2C)c(NC(=O)Cc2cccs2)c1. The normalized spacial score (nSPS) is 19.2. The number of ether oxygens (including phenoxy) is 1. The number of carbonyl (C=O) groups excluding carboxylic acids is 2. The minimum Gasteiger partial charge on any atom is -0.465 e. The molecular formula is C20H24N2O3S. The maximum Gasteiger partial charge on any atom is 0.337 e. The van der Waals surface area contributed by atoms with Gasteiger partial charge >= 0.3 is 5.97 Å². The lowest BCUT2D eigenvalue weighted by Gasteiger charge is -2.21. The summed E-state index contributed by atoms with van der Waals surface area (Å²) in [6, 6.07) is 9.50. The van der Waals surface area contributed by atoms with Crippen molar-refractivity contribution < 1.29 is 14.3 Å². The zero-order valence-corrected chi connectivity index (χ0v) is 15.9. The van der Waals surface area contributed by atoms with E-state index in [4.69, 9.17) is 4.74 Å². The molecule has 1 aliphatic carbocycles. The van der Waals surface area contributed by atoms with Gasteiger partial charge in [0.15, 0.2) is 0 Å². The predicted molar refractivity (Wildman–Crippen MR) is 105 cm³/mol. The number of anilines is 2. The second-order valence-electron chi connectivity index (χ2n) is 6.72. The van der Waals surface area contributed by atoms with E-state index in [9.17, 15) is 9.59 Å². The summed E-state index contributed by atoms with van der Waals surface area (Å²) < 4.78 is 4.80. The third-order valence-electron chi connectivity index (χ3n) is 4.83. The van der Waals surface area contributed by atoms with Crippen LogP contribution in [-0.4, -0.2) is 25.0 Å². The molecule has 0 bridgehead atoms. The van der Waals surface area contributed by atoms with Gasteiger partial charge in [-0.05, 0) is 48.4 Å². The number of nitrogens with one attached hydrogen (secondary N) is 2. The molecule has 1 aromatic heterocycles. The number of amides is 1. The van der Waals surface area contributed by atoms with Crippen LogP contribution in [0.2, 0.25) is 0 Å². The molecule has 3 rings (SSSR count). The molecule has 1 fully saturated rings. The van der Waals surface area contributed by atoms with Crippen LogP contribution in [0.15, 0.2) is 35.7 Å². The average molecular weight is 372 g/mol. The Hall–Kier alpha value is -2.34. The molecule has 2 atom stereocenters. The highest BCUT2D eigenvalue weighted by atomic mass is 32.1. The summed E-state index contributed by atoms with van der Waals surface area (Å²) in [6.07, 6.45) is 3.85. The van der Waals surface area contributed by atoms with Crippen molar-refractivity contribution in [3.8, 4) is 0 Å². The Bertz CT molecular complexity index is 773. The number of hydrogen-bond acceptors (Lipinski definition) is 5. The number of benzene rings is 1. The highest BCUT2D eigenvalue weighted by Crippen LogP contribution is 2.31. The van der Waals surface area contributed by atoms with Crippen molar-refractivity contribution in [2.24, 2.45) is 5.92 Å². The van der Waals surface area contributed by atoms with Crippen molar-refractivity contribution in [2.75, 3.05) is 17.7 Å². The van der Waals surface area contributed by atoms with E-state index < -0.39 is 5.97 Å². The number of methoxy groups -OCH3 is 1. The van der Waals surface area contributed by atoms with Crippen molar-refractivity contribution in [3.05, 3.63) is 46.2 Å². The third-order valence-corrected chi connectivity index (χ3v) is 5.71. The van der Waals surface area contributed by atoms with Gasteiger partial charge < -0.3 is 15.4 Å². The van der Waals surface area contributed by atoms with E-state index in [-0.39, 0.29) is 5.91 Å². The molecular weight excluding hydrogens is 348 g/mol. The molecule has 2 N–H and O–H groups in total. The van der Waals surface area contributed by atoms with Crippen molar-refractivity contribution >= 4 is 34.6 Å². The fourth-order valence-corrected chi connectivity index (χ4v) is 4.05. The van der Waals surface area contributed by atoms with Gasteiger partial charge in [0.2, 0.25) is 5.91 Å². The Balaban J connectivity index is 1.80. The highest BCUT2D eigenvalue weighted by Gasteiger charge is 2.24. The third kappa shape index (κ3) is 4.43. The van der Waals surface area contributed by atoms with Crippen LogP contribution in [0.4, 0.5) is 11.4 Å². The Morgan fingerprint density at radius 3 is 2.73 bits per heavy atom. The number of rotatable bonds is 6. The molecule has 1 aromatic carbocycles. The molecule has 26 heavy (non-hydrogen) atoms. The molecule has 0 spiro atoms. The summed E-state index contributed by atoms with van der Waals surface area (Å²) in [5.41, 5.74) is 1.88. The molecule has 1 saturated carbocycles. The van der Waals surface area contributed by atoms with Crippen LogP contribution in [0, 0.1) is 5.92 Å². The van der Waals surface area contributed by atoms with E-state index in [0.717, 1.165) is 17.0 Å². The second kappa shape index (κ2) is 8.36. The predicted octanol–water partition coefficient (Wildman–Crippen LogP) is 4.32. The van der Waals surface area contributed by atoms with E-state index >= 15 is 0 Å². The Morgan fingerprint density at radius 1 is 1.23 bits per heavy atom. The lowest BCUT2D eigenvalue weighted by atomic mass is 10.1. The van der Waals surface area contributed by atoms with Gasteiger partial charge in [-0.2, -0.15) is 0 Å². The number of hydrogen-bond donors (Lipinski definition) is 2. The number of carbonyl (C=O) groups is 2. The highest BCUT2D eigenvalue weighted by molar-refractivity contribution is 7.10. The first-order valence-corrected chi connectivity index (χ1v) is 9.76. The Kier molecular flexibility index (Phi) is 5.93. The average Bonchev–Trinajstić information content (AvgIpc) is 3.27. The molecule has 0 aliphatic heterocycles. The first-order valence-electron chi connectivity index (χ1n) is 8.88. The van der Waals surface area contributed by atoms with Gasteiger partial charge in [-0.1, -0.05) is 19.4 Å². The minimum absolute atomic E-state index is 0.100. The smallest absolute Gasteiger partial charge is 0.337 e. The number of esters is 1. The van der Waals surface area contributed by atoms with Crippen molar-refractivity contribution in [2.45, 2.75) is 38.6 Å². The van der Waals surface area contributed by atoms with Crippen LogP contribution in [-0.2, 0) is 16.0 Å². The van der Waals surface area contributed by atoms with E-state index in [1.54, 1.807) is 23.5 Å². The van der Waals surface area contributed by atoms with Gasteiger partial charge in [0, 0.05) is 10.9 Å². The molecule has 1 amide bonds. The summed E-state index contributed by atoms with van der Waals surface area (Å²) in [7, 11) is 1.35. The van der Waals surface area contributed by atoms with Gasteiger partial charge in [0.1, 0.15) is 0 Å². The first kappa shape index (κ1) is 18.5. The summed E-state index contributed by atoms with van der Waals surface area (Å²) in [6.45, 7) is 2.24. The zero-order chi connectivity index (χ0) is 18.5. The summed E-state index contributed by atoms with van der Waals surface area (Å²) >= 11 is 1.55. The molecule has 1 heterocycles. The lowest BCUT2D eigenvalue weighted by molar-refractivity contribution is -0.115. The molecule has 0 radical (unpaired) electrons. The van der Waals surface area contributed by atoms with Crippen LogP contribution >= 0.6 is 11.3 Å². The van der Waals surface area contributed by atoms with Gasteiger partial charge in [0.25, 0.3) is 0 Å². The van der Waals surface area contributed by atoms with Gasteiger partial charge in [-0.3, -0.25) is 4.79 Å². The molecule has 0 saturated heterocycles. The molecule has 1 aliphatic rings. The molecule has 6 heteroatoms. The van der Waals surface area contributed by atoms with E-state index in [1.165, 1.54) is 20.0 Å². The number of thiophene rings is 1. The van der Waals surface area contributed by atoms with Crippen LogP contribution in [0.1, 0.15) is 41.4 Å². The standard InChI is InChI=1S/C20H24N2O3S/c1-13-5-3-7-16(13)21-17-9-8-14(20(24)25-2)11-18(17)22-19(23)12-15-6-4-10-26-15/h4,6,8-11,13,16,21H,3,5,7,12H2,1-2H3,(H,22,23). The fraction of sp³-hybridized carbons (Fsp3) is 0.400. The van der Waals surface area contributed by atoms with Crippen molar-refractivity contribution in [3.63, 3.8) is 0 Å². The molecule has 2 unspecified atom stereocenters. The zero-order valence-electron chi connectivity index (χ0n) is 15.1. The maximum atomic E-state index is 12.4. The lowest BCUT2D eigenvalue weighted by Crippen LogP contribution is -2.23. The van der Waals surface area contributed by atoms with E-state index in [0.29, 0.717) is 29.6 Å². The summed E-state index contributed by atoms with van der Waals surface area (Å²) in [4.78, 5) is 25.3. The fourth-order valence-electron chi connectivity index (χ4n) is 3.34. The molecule has 5 nitrogen and oxygen atoms in total. The first-order chi connectivity index (χ1) is 12.6. The van der Waals surface area contributed by atoms with Crippen LogP contribution in [0.25, 0.3) is 0 Å². The van der Waals surface area contributed by atoms with Crippen molar-refractivity contribution in [1.29, 1.82) is 0 Å². The summed E-state index contributed by atoms with van der Waals surface area (Å²) in [5.74, 6) is 0.0708. The Labute approximate surface area is 157 Å². The molecule has 138 valence electrons. The van der Waals surface area contributed by atoms with Gasteiger partial charge in [-0.25, -0.2) is 4.79 Å². The Morgan fingerprint density at radius 2 is 2.08 bits per heavy atom. The summed E-state index contributed by atoms with van der Waals surface area (Å²) in [5, 5.41) is 8.45. The van der Waals surface area contributed by atoms with E-state index in [2.05, 4.69) is 17.6 Å². The minimum atomic E-state index is -0.417. The van der Waals surface area contributed by atoms with Crippen LogP contribution in [0.3, 0.4) is 0 Å². The van der Waals surface area contributed by atoms with Gasteiger partial charge in [0.05, 0.1) is 30.5 Å².